The molecule has 7 nitrogen and oxygen atoms in total. The van der Waals surface area contributed by atoms with Crippen LogP contribution in [0, 0.1) is 0 Å². The molecule has 0 bridgehead atoms. The number of carbonyl (C=O) groups is 1. The van der Waals surface area contributed by atoms with Crippen LogP contribution in [0.25, 0.3) is 0 Å². The maximum Gasteiger partial charge on any atom is 0.491 e. The number of nitrogens with one attached hydrogen (secondary N) is 2. The lowest BCUT2D eigenvalue weighted by Gasteiger charge is -2.38. The molecule has 1 aliphatic rings. The van der Waals surface area contributed by atoms with Crippen molar-refractivity contribution in [2.24, 2.45) is 0 Å². The molecule has 1 heterocycles. The maximum absolute atomic E-state index is 12.1. The van der Waals surface area contributed by atoms with Gasteiger partial charge >= 0.3 is 7.12 Å². The number of ether oxygens (including phenoxy) is 1. The fraction of sp³-hybridized carbons (Fsp3) is 0.588. The minimum Gasteiger partial charge on any atom is -0.423 e. The molecule has 0 saturated carbocycles. The Labute approximate surface area is 148 Å². The van der Waals surface area contributed by atoms with Gasteiger partial charge in [-0.15, -0.1) is 0 Å². The van der Waals surface area contributed by atoms with E-state index < -0.39 is 24.4 Å². The zero-order valence-electron chi connectivity index (χ0n) is 15.2. The van der Waals surface area contributed by atoms with Crippen LogP contribution in [0.3, 0.4) is 0 Å². The molecule has 2 rings (SSSR count). The van der Waals surface area contributed by atoms with E-state index in [2.05, 4.69) is 10.6 Å². The summed E-state index contributed by atoms with van der Waals surface area (Å²) < 4.78 is 11.0. The van der Waals surface area contributed by atoms with Crippen LogP contribution >= 0.6 is 0 Å². The Balaban J connectivity index is 1.96. The van der Waals surface area contributed by atoms with Gasteiger partial charge in [-0.3, -0.25) is 4.79 Å². The Hall–Kier alpha value is -1.45. The van der Waals surface area contributed by atoms with Crippen LogP contribution < -0.4 is 16.1 Å². The second-order valence-corrected chi connectivity index (χ2v) is 7.21. The molecule has 25 heavy (non-hydrogen) atoms. The van der Waals surface area contributed by atoms with Gasteiger partial charge in [0, 0.05) is 18.8 Å². The van der Waals surface area contributed by atoms with Gasteiger partial charge in [-0.1, -0.05) is 12.1 Å². The summed E-state index contributed by atoms with van der Waals surface area (Å²) in [6, 6.07) is 6.71. The zero-order chi connectivity index (χ0) is 18.7. The number of hydrogen-bond donors (Lipinski definition) is 4. The van der Waals surface area contributed by atoms with Gasteiger partial charge in [-0.25, -0.2) is 0 Å². The van der Waals surface area contributed by atoms with Gasteiger partial charge in [0.25, 0.3) is 5.91 Å². The van der Waals surface area contributed by atoms with Gasteiger partial charge in [0.2, 0.25) is 0 Å². The average Bonchev–Trinajstić information content (AvgIpc) is 2.55. The Bertz CT molecular complexity index is 580. The van der Waals surface area contributed by atoms with Gasteiger partial charge in [0.1, 0.15) is 6.10 Å². The van der Waals surface area contributed by atoms with Crippen LogP contribution in [0.2, 0.25) is 0 Å². The molecule has 1 fully saturated rings. The van der Waals surface area contributed by atoms with Crippen LogP contribution in [0.1, 0.15) is 27.7 Å². The highest BCUT2D eigenvalue weighted by Crippen LogP contribution is 2.25. The van der Waals surface area contributed by atoms with Gasteiger partial charge in [0.15, 0.2) is 0 Å². The minimum atomic E-state index is -1.18. The summed E-state index contributed by atoms with van der Waals surface area (Å²) in [6.07, 6.45) is -0.505. The van der Waals surface area contributed by atoms with Crippen LogP contribution in [0.15, 0.2) is 24.3 Å². The average molecular weight is 350 g/mol. The minimum absolute atomic E-state index is 0.208. The molecule has 1 aromatic carbocycles. The fourth-order valence-electron chi connectivity index (χ4n) is 2.18. The lowest BCUT2D eigenvalue weighted by molar-refractivity contribution is -0.128. The second-order valence-electron chi connectivity index (χ2n) is 7.21. The number of benzene rings is 1. The Morgan fingerprint density at radius 2 is 1.96 bits per heavy atom. The summed E-state index contributed by atoms with van der Waals surface area (Å²) in [4.78, 5) is 12.1. The van der Waals surface area contributed by atoms with Crippen molar-refractivity contribution in [2.75, 3.05) is 25.0 Å². The van der Waals surface area contributed by atoms with E-state index >= 15 is 0 Å². The quantitative estimate of drug-likeness (QED) is 0.534. The molecule has 1 amide bonds. The van der Waals surface area contributed by atoms with Gasteiger partial charge in [-0.05, 0) is 45.3 Å². The summed E-state index contributed by atoms with van der Waals surface area (Å²) in [5, 5.41) is 26.2. The SMILES string of the molecule is CC(C)(O)C(C)(C)OB(O)c1ccc(NC(=O)C2CNCCO2)cc1. The third kappa shape index (κ3) is 5.26. The lowest BCUT2D eigenvalue weighted by Crippen LogP contribution is -2.53. The first kappa shape index (κ1) is 19.9. The molecule has 0 aromatic heterocycles. The van der Waals surface area contributed by atoms with Gasteiger partial charge in [0.05, 0.1) is 17.8 Å². The lowest BCUT2D eigenvalue weighted by atomic mass is 9.76. The highest BCUT2D eigenvalue weighted by molar-refractivity contribution is 6.60. The number of amides is 1. The van der Waals surface area contributed by atoms with Crippen LogP contribution in [-0.2, 0) is 14.2 Å². The second kappa shape index (κ2) is 7.84. The zero-order valence-corrected chi connectivity index (χ0v) is 15.2. The molecule has 1 aromatic rings. The number of anilines is 1. The number of aliphatic hydroxyl groups is 1. The van der Waals surface area contributed by atoms with E-state index in [1.807, 2.05) is 0 Å². The van der Waals surface area contributed by atoms with Crippen molar-refractivity contribution in [3.8, 4) is 0 Å². The highest BCUT2D eigenvalue weighted by atomic mass is 16.5. The molecule has 1 atom stereocenters. The smallest absolute Gasteiger partial charge is 0.423 e. The highest BCUT2D eigenvalue weighted by Gasteiger charge is 2.39. The summed E-state index contributed by atoms with van der Waals surface area (Å²) in [5.74, 6) is -0.208. The van der Waals surface area contributed by atoms with E-state index in [0.717, 1.165) is 6.54 Å². The van der Waals surface area contributed by atoms with Crippen molar-refractivity contribution in [2.45, 2.75) is 45.0 Å². The van der Waals surface area contributed by atoms with Gasteiger partial charge in [-0.2, -0.15) is 0 Å². The molecular formula is C17H27BN2O5. The number of morpholine rings is 1. The van der Waals surface area contributed by atoms with E-state index in [9.17, 15) is 14.9 Å². The largest absolute Gasteiger partial charge is 0.491 e. The fourth-order valence-corrected chi connectivity index (χ4v) is 2.18. The van der Waals surface area contributed by atoms with Crippen molar-refractivity contribution in [3.63, 3.8) is 0 Å². The monoisotopic (exact) mass is 350 g/mol. The molecule has 8 heteroatoms. The molecule has 1 saturated heterocycles. The molecular weight excluding hydrogens is 323 g/mol. The first-order valence-corrected chi connectivity index (χ1v) is 8.41. The van der Waals surface area contributed by atoms with Crippen molar-refractivity contribution in [3.05, 3.63) is 24.3 Å². The number of rotatable bonds is 6. The molecule has 0 aliphatic carbocycles. The van der Waals surface area contributed by atoms with Crippen LogP contribution in [0.5, 0.6) is 0 Å². The topological polar surface area (TPSA) is 100 Å². The normalized spacial score (nSPS) is 18.7. The first-order chi connectivity index (χ1) is 11.6. The molecule has 0 radical (unpaired) electrons. The Kier molecular flexibility index (Phi) is 6.23. The molecule has 138 valence electrons. The van der Waals surface area contributed by atoms with Crippen molar-refractivity contribution in [1.82, 2.24) is 5.32 Å². The van der Waals surface area contributed by atoms with E-state index in [4.69, 9.17) is 9.39 Å². The molecule has 0 spiro atoms. The van der Waals surface area contributed by atoms with Crippen molar-refractivity contribution >= 4 is 24.2 Å². The molecule has 1 aliphatic heterocycles. The van der Waals surface area contributed by atoms with E-state index in [1.54, 1.807) is 52.0 Å². The van der Waals surface area contributed by atoms with Crippen LogP contribution in [-0.4, -0.2) is 60.2 Å². The van der Waals surface area contributed by atoms with E-state index in [1.165, 1.54) is 0 Å². The Morgan fingerprint density at radius 3 is 2.48 bits per heavy atom. The van der Waals surface area contributed by atoms with Gasteiger partial charge < -0.3 is 30.2 Å². The third-order valence-corrected chi connectivity index (χ3v) is 4.56. The van der Waals surface area contributed by atoms with Crippen molar-refractivity contribution < 1.29 is 24.3 Å². The number of hydrogen-bond acceptors (Lipinski definition) is 6. The molecule has 1 unspecified atom stereocenters. The Morgan fingerprint density at radius 1 is 1.32 bits per heavy atom. The predicted molar refractivity (Wildman–Crippen MR) is 96.8 cm³/mol. The first-order valence-electron chi connectivity index (χ1n) is 8.41. The molecule has 4 N–H and O–H groups in total. The number of carbonyl (C=O) groups excluding carboxylic acids is 1. The summed E-state index contributed by atoms with van der Waals surface area (Å²) in [7, 11) is -1.18. The maximum atomic E-state index is 12.1. The van der Waals surface area contributed by atoms with Crippen molar-refractivity contribution in [1.29, 1.82) is 0 Å². The van der Waals surface area contributed by atoms with E-state index in [0.29, 0.717) is 24.3 Å². The standard InChI is InChI=1S/C17H27BN2O5/c1-16(2,22)17(3,4)25-18(23)12-5-7-13(8-6-12)20-15(21)14-11-19-9-10-24-14/h5-8,14,19,22-23H,9-11H2,1-4H3,(H,20,21). The summed E-state index contributed by atoms with van der Waals surface area (Å²) in [6.45, 7) is 8.42. The summed E-state index contributed by atoms with van der Waals surface area (Å²) in [5.41, 5.74) is -0.914. The van der Waals surface area contributed by atoms with E-state index in [-0.39, 0.29) is 5.91 Å². The summed E-state index contributed by atoms with van der Waals surface area (Å²) >= 11 is 0. The third-order valence-electron chi connectivity index (χ3n) is 4.56. The van der Waals surface area contributed by atoms with Crippen LogP contribution in [0.4, 0.5) is 5.69 Å². The predicted octanol–water partition coefficient (Wildman–Crippen LogP) is -0.133.